The highest BCUT2D eigenvalue weighted by Gasteiger charge is 2.29. The van der Waals surface area contributed by atoms with Gasteiger partial charge in [-0.2, -0.15) is 4.31 Å². The maximum absolute atomic E-state index is 13.1. The molecule has 0 unspecified atom stereocenters. The lowest BCUT2D eigenvalue weighted by molar-refractivity contribution is 0.0729. The van der Waals surface area contributed by atoms with E-state index in [1.807, 2.05) is 24.5 Å². The van der Waals surface area contributed by atoms with Gasteiger partial charge in [-0.1, -0.05) is 6.07 Å². The minimum atomic E-state index is -3.81. The highest BCUT2D eigenvalue weighted by molar-refractivity contribution is 7.89. The highest BCUT2D eigenvalue weighted by atomic mass is 32.2. The Hall–Kier alpha value is -3.21. The Bertz CT molecular complexity index is 1170. The molecule has 1 aliphatic heterocycles. The van der Waals surface area contributed by atoms with E-state index in [1.54, 1.807) is 28.8 Å². The molecule has 3 aromatic rings. The van der Waals surface area contributed by atoms with Gasteiger partial charge in [0.15, 0.2) is 0 Å². The number of pyridine rings is 1. The van der Waals surface area contributed by atoms with Crippen LogP contribution in [0.25, 0.3) is 5.82 Å². The Labute approximate surface area is 180 Å². The first-order valence-electron chi connectivity index (χ1n) is 9.67. The van der Waals surface area contributed by atoms with Crippen molar-refractivity contribution in [2.24, 2.45) is 0 Å². The summed E-state index contributed by atoms with van der Waals surface area (Å²) in [6, 6.07) is 13.4. The van der Waals surface area contributed by atoms with Crippen LogP contribution in [0.2, 0.25) is 0 Å². The predicted octanol–water partition coefficient (Wildman–Crippen LogP) is 2.15. The lowest BCUT2D eigenvalue weighted by Crippen LogP contribution is -2.40. The molecule has 0 spiro atoms. The number of nitrogens with zero attached hydrogens (tertiary/aromatic N) is 3. The number of anilines is 1. The summed E-state index contributed by atoms with van der Waals surface area (Å²) < 4.78 is 39.9. The van der Waals surface area contributed by atoms with Gasteiger partial charge < -0.3 is 19.4 Å². The van der Waals surface area contributed by atoms with Crippen LogP contribution in [-0.2, 0) is 14.8 Å². The second-order valence-corrected chi connectivity index (χ2v) is 8.71. The molecule has 1 aliphatic rings. The number of rotatable bonds is 6. The van der Waals surface area contributed by atoms with Gasteiger partial charge >= 0.3 is 0 Å². The molecule has 0 aliphatic carbocycles. The standard InChI is InChI=1S/C21H22N4O5S/c1-29-18-8-7-16(15-19(18)31(27,28)25-11-13-30-14-12-25)22-21(26)17-5-4-6-20(23-17)24-9-2-3-10-24/h2-10,15H,11-14H2,1H3,(H,22,26). The molecule has 0 atom stereocenters. The van der Waals surface area contributed by atoms with Crippen molar-refractivity contribution in [2.75, 3.05) is 38.7 Å². The van der Waals surface area contributed by atoms with Gasteiger partial charge in [0.2, 0.25) is 10.0 Å². The first-order chi connectivity index (χ1) is 15.0. The number of ether oxygens (including phenoxy) is 2. The highest BCUT2D eigenvalue weighted by Crippen LogP contribution is 2.30. The van der Waals surface area contributed by atoms with Gasteiger partial charge in [0.1, 0.15) is 22.2 Å². The van der Waals surface area contributed by atoms with Gasteiger partial charge in [-0.05, 0) is 42.5 Å². The van der Waals surface area contributed by atoms with E-state index in [1.165, 1.54) is 23.5 Å². The smallest absolute Gasteiger partial charge is 0.274 e. The minimum Gasteiger partial charge on any atom is -0.495 e. The minimum absolute atomic E-state index is 0.0104. The molecule has 3 heterocycles. The van der Waals surface area contributed by atoms with Crippen molar-refractivity contribution >= 4 is 21.6 Å². The molecule has 9 nitrogen and oxygen atoms in total. The Morgan fingerprint density at radius 3 is 2.55 bits per heavy atom. The van der Waals surface area contributed by atoms with Crippen molar-refractivity contribution in [3.05, 3.63) is 66.6 Å². The maximum Gasteiger partial charge on any atom is 0.274 e. The van der Waals surface area contributed by atoms with Gasteiger partial charge in [-0.15, -0.1) is 0 Å². The number of nitrogens with one attached hydrogen (secondary N) is 1. The Kier molecular flexibility index (Phi) is 6.03. The molecule has 0 radical (unpaired) electrons. The lowest BCUT2D eigenvalue weighted by Gasteiger charge is -2.26. The number of amides is 1. The third kappa shape index (κ3) is 4.46. The molecule has 31 heavy (non-hydrogen) atoms. The van der Waals surface area contributed by atoms with Gasteiger partial charge in [-0.25, -0.2) is 13.4 Å². The van der Waals surface area contributed by atoms with Crippen LogP contribution in [-0.4, -0.2) is 61.6 Å². The number of hydrogen-bond donors (Lipinski definition) is 1. The van der Waals surface area contributed by atoms with Crippen LogP contribution in [0.5, 0.6) is 5.75 Å². The van der Waals surface area contributed by atoms with E-state index in [2.05, 4.69) is 10.3 Å². The molecule has 1 saturated heterocycles. The molecule has 2 aromatic heterocycles. The van der Waals surface area contributed by atoms with Crippen LogP contribution in [0.15, 0.2) is 65.8 Å². The van der Waals surface area contributed by atoms with Gasteiger partial charge in [0.25, 0.3) is 5.91 Å². The fourth-order valence-corrected chi connectivity index (χ4v) is 4.85. The van der Waals surface area contributed by atoms with Crippen LogP contribution in [0, 0.1) is 0 Å². The molecule has 162 valence electrons. The second kappa shape index (κ2) is 8.88. The Morgan fingerprint density at radius 1 is 1.10 bits per heavy atom. The summed E-state index contributed by atoms with van der Waals surface area (Å²) in [5.74, 6) is 0.356. The average molecular weight is 442 g/mol. The van der Waals surface area contributed by atoms with Crippen molar-refractivity contribution in [1.29, 1.82) is 0 Å². The molecule has 1 N–H and O–H groups in total. The lowest BCUT2D eigenvalue weighted by atomic mass is 10.2. The van der Waals surface area contributed by atoms with Crippen LogP contribution in [0.4, 0.5) is 5.69 Å². The number of carbonyl (C=O) groups is 1. The summed E-state index contributed by atoms with van der Waals surface area (Å²) in [7, 11) is -2.40. The molecule has 0 saturated carbocycles. The van der Waals surface area contributed by atoms with Gasteiger partial charge in [-0.3, -0.25) is 4.79 Å². The molecule has 1 aromatic carbocycles. The number of benzene rings is 1. The van der Waals surface area contributed by atoms with E-state index < -0.39 is 15.9 Å². The monoisotopic (exact) mass is 442 g/mol. The quantitative estimate of drug-likeness (QED) is 0.628. The number of methoxy groups -OCH3 is 1. The molecule has 10 heteroatoms. The number of morpholine rings is 1. The van der Waals surface area contributed by atoms with Crippen molar-refractivity contribution < 1.29 is 22.7 Å². The topological polar surface area (TPSA) is 103 Å². The number of aromatic nitrogens is 2. The fourth-order valence-electron chi connectivity index (χ4n) is 3.26. The molecular weight excluding hydrogens is 420 g/mol. The van der Waals surface area contributed by atoms with Crippen molar-refractivity contribution in [3.63, 3.8) is 0 Å². The number of sulfonamides is 1. The zero-order valence-electron chi connectivity index (χ0n) is 16.9. The summed E-state index contributed by atoms with van der Waals surface area (Å²) in [6.45, 7) is 1.19. The molecule has 4 rings (SSSR count). The fraction of sp³-hybridized carbons (Fsp3) is 0.238. The Morgan fingerprint density at radius 2 is 1.84 bits per heavy atom. The van der Waals surface area contributed by atoms with Crippen molar-refractivity contribution in [2.45, 2.75) is 4.90 Å². The third-order valence-electron chi connectivity index (χ3n) is 4.85. The first-order valence-corrected chi connectivity index (χ1v) is 11.1. The van der Waals surface area contributed by atoms with E-state index in [4.69, 9.17) is 9.47 Å². The summed E-state index contributed by atoms with van der Waals surface area (Å²) in [4.78, 5) is 17.1. The molecule has 1 fully saturated rings. The summed E-state index contributed by atoms with van der Waals surface area (Å²) >= 11 is 0. The van der Waals surface area contributed by atoms with Gasteiger partial charge in [0, 0.05) is 31.2 Å². The largest absolute Gasteiger partial charge is 0.495 e. The predicted molar refractivity (Wildman–Crippen MR) is 114 cm³/mol. The van der Waals surface area contributed by atoms with E-state index in [-0.39, 0.29) is 29.4 Å². The molecule has 0 bridgehead atoms. The van der Waals surface area contributed by atoms with E-state index in [0.29, 0.717) is 24.7 Å². The van der Waals surface area contributed by atoms with E-state index >= 15 is 0 Å². The first kappa shape index (κ1) is 21.0. The van der Waals surface area contributed by atoms with Crippen LogP contribution in [0.1, 0.15) is 10.5 Å². The number of hydrogen-bond acceptors (Lipinski definition) is 6. The van der Waals surface area contributed by atoms with E-state index in [0.717, 1.165) is 0 Å². The van der Waals surface area contributed by atoms with E-state index in [9.17, 15) is 13.2 Å². The summed E-state index contributed by atoms with van der Waals surface area (Å²) in [6.07, 6.45) is 3.66. The van der Waals surface area contributed by atoms with Crippen LogP contribution in [0.3, 0.4) is 0 Å². The van der Waals surface area contributed by atoms with Crippen LogP contribution >= 0.6 is 0 Å². The summed E-state index contributed by atoms with van der Waals surface area (Å²) in [5, 5.41) is 2.72. The van der Waals surface area contributed by atoms with Crippen LogP contribution < -0.4 is 10.1 Å². The Balaban J connectivity index is 1.60. The van der Waals surface area contributed by atoms with Crippen molar-refractivity contribution in [3.8, 4) is 11.6 Å². The molecule has 1 amide bonds. The maximum atomic E-state index is 13.1. The van der Waals surface area contributed by atoms with Crippen molar-refractivity contribution in [1.82, 2.24) is 13.9 Å². The summed E-state index contributed by atoms with van der Waals surface area (Å²) in [5.41, 5.74) is 0.533. The number of carbonyl (C=O) groups excluding carboxylic acids is 1. The van der Waals surface area contributed by atoms with Gasteiger partial charge in [0.05, 0.1) is 20.3 Å². The molecular formula is C21H22N4O5S. The second-order valence-electron chi connectivity index (χ2n) is 6.81. The zero-order valence-corrected chi connectivity index (χ0v) is 17.7. The SMILES string of the molecule is COc1ccc(NC(=O)c2cccc(-n3cccc3)n2)cc1S(=O)(=O)N1CCOCC1. The normalized spacial score (nSPS) is 14.9. The average Bonchev–Trinajstić information content (AvgIpc) is 3.35. The zero-order chi connectivity index (χ0) is 21.8. The third-order valence-corrected chi connectivity index (χ3v) is 6.77.